The monoisotopic (exact) mass is 463 g/mol. The van der Waals surface area contributed by atoms with Gasteiger partial charge in [0.15, 0.2) is 5.76 Å². The fourth-order valence-electron chi connectivity index (χ4n) is 3.94. The Morgan fingerprint density at radius 3 is 2.44 bits per heavy atom. The molecule has 0 fully saturated rings. The number of para-hydroxylation sites is 1. The number of nitrogens with one attached hydrogen (secondary N) is 1. The minimum Gasteiger partial charge on any atom is -0.439 e. The van der Waals surface area contributed by atoms with Crippen molar-refractivity contribution in [3.8, 4) is 11.3 Å². The first-order chi connectivity index (χ1) is 16.1. The number of aromatic nitrogens is 2. The molecule has 2 aromatic carbocycles. The summed E-state index contributed by atoms with van der Waals surface area (Å²) in [6, 6.07) is 18.2. The lowest BCUT2D eigenvalue weighted by Gasteiger charge is -2.23. The Bertz CT molecular complexity index is 1150. The van der Waals surface area contributed by atoms with Crippen molar-refractivity contribution in [2.75, 3.05) is 14.1 Å². The lowest BCUT2D eigenvalue weighted by Crippen LogP contribution is -2.22. The first-order valence-electron chi connectivity index (χ1n) is 11.6. The van der Waals surface area contributed by atoms with Gasteiger partial charge in [0, 0.05) is 22.7 Å². The van der Waals surface area contributed by atoms with Gasteiger partial charge in [-0.25, -0.2) is 14.8 Å². The van der Waals surface area contributed by atoms with Crippen LogP contribution in [0.3, 0.4) is 0 Å². The van der Waals surface area contributed by atoms with Crippen LogP contribution >= 0.6 is 0 Å². The van der Waals surface area contributed by atoms with E-state index in [9.17, 15) is 0 Å². The summed E-state index contributed by atoms with van der Waals surface area (Å²) in [5.41, 5.74) is 3.82. The summed E-state index contributed by atoms with van der Waals surface area (Å²) in [4.78, 5) is 21.5. The van der Waals surface area contributed by atoms with Gasteiger partial charge in [0.2, 0.25) is 5.89 Å². The second kappa shape index (κ2) is 12.0. The molecule has 0 aliphatic carbocycles. The van der Waals surface area contributed by atoms with Crippen molar-refractivity contribution in [1.29, 1.82) is 0 Å². The Hall–Kier alpha value is -2.93. The summed E-state index contributed by atoms with van der Waals surface area (Å²) >= 11 is 0. The number of hydrogen-bond acceptors (Lipinski definition) is 5. The minimum atomic E-state index is 0. The number of fused-ring (bicyclic) bond motifs is 1. The van der Waals surface area contributed by atoms with Crippen molar-refractivity contribution in [2.24, 2.45) is 5.92 Å². The van der Waals surface area contributed by atoms with Gasteiger partial charge in [-0.3, -0.25) is 4.90 Å². The third-order valence-corrected chi connectivity index (χ3v) is 6.13. The highest BCUT2D eigenvalue weighted by Crippen LogP contribution is 2.36. The number of benzene rings is 2. The molecule has 6 heteroatoms. The van der Waals surface area contributed by atoms with Gasteiger partial charge in [-0.05, 0) is 38.1 Å². The molecule has 0 bridgehead atoms. The van der Waals surface area contributed by atoms with Gasteiger partial charge in [-0.15, -0.1) is 0 Å². The topological polar surface area (TPSA) is 63.5 Å². The van der Waals surface area contributed by atoms with Crippen molar-refractivity contribution in [1.82, 2.24) is 14.9 Å². The lowest BCUT2D eigenvalue weighted by atomic mass is 9.98. The van der Waals surface area contributed by atoms with Crippen molar-refractivity contribution in [3.05, 3.63) is 77.9 Å². The predicted octanol–water partition coefficient (Wildman–Crippen LogP) is 7.15. The van der Waals surface area contributed by atoms with Gasteiger partial charge in [-0.1, -0.05) is 76.2 Å². The highest BCUT2D eigenvalue weighted by Gasteiger charge is 2.26. The molecule has 4 rings (SSSR count). The maximum absolute atomic E-state index is 6.44. The summed E-state index contributed by atoms with van der Waals surface area (Å²) in [6.07, 6.45) is 4.06. The van der Waals surface area contributed by atoms with E-state index in [1.807, 2.05) is 48.7 Å². The first kappa shape index (κ1) is 25.7. The highest BCUT2D eigenvalue weighted by molar-refractivity contribution is 5.94. The number of nitrogens with zero attached hydrogens (tertiary/aromatic N) is 2. The van der Waals surface area contributed by atoms with Crippen molar-refractivity contribution < 1.29 is 14.2 Å². The van der Waals surface area contributed by atoms with Crippen LogP contribution in [0.15, 0.2) is 65.2 Å². The number of rotatable bonds is 11. The van der Waals surface area contributed by atoms with Gasteiger partial charge in [0.1, 0.15) is 18.9 Å². The fourth-order valence-corrected chi connectivity index (χ4v) is 3.94. The molecule has 0 radical (unpaired) electrons. The van der Waals surface area contributed by atoms with Crippen LogP contribution in [0.5, 0.6) is 0 Å². The van der Waals surface area contributed by atoms with E-state index in [0.717, 1.165) is 46.3 Å². The van der Waals surface area contributed by atoms with Crippen molar-refractivity contribution in [2.45, 2.75) is 53.4 Å². The number of hydrogen-bond donors (Lipinski definition) is 1. The normalized spacial score (nSPS) is 13.2. The van der Waals surface area contributed by atoms with Crippen LogP contribution in [0.4, 0.5) is 0 Å². The molecule has 0 saturated heterocycles. The fraction of sp³-hybridized carbons (Fsp3) is 0.393. The van der Waals surface area contributed by atoms with E-state index in [4.69, 9.17) is 19.2 Å². The minimum absolute atomic E-state index is 0. The predicted molar refractivity (Wildman–Crippen MR) is 137 cm³/mol. The zero-order chi connectivity index (χ0) is 23.2. The standard InChI is InChI=1S/C27H33N3O3.CH4/c1-5-19(2)15-25(30(3)4)27-29-24(18-32-31-17-20-11-7-6-8-12-20)26(33-27)22-16-28-23-14-10-9-13-21(22)23;/h6-14,16,19,25,28H,5,15,17-18H2,1-4H3;1H4/t19-,25?;/m0./s1. The Balaban J connectivity index is 0.00000324. The molecular weight excluding hydrogens is 426 g/mol. The molecule has 2 heterocycles. The number of oxazole rings is 1. The van der Waals surface area contributed by atoms with Crippen LogP contribution in [0.25, 0.3) is 22.2 Å². The zero-order valence-corrected chi connectivity index (χ0v) is 19.9. The van der Waals surface area contributed by atoms with E-state index in [2.05, 4.69) is 50.0 Å². The molecule has 1 N–H and O–H groups in total. The van der Waals surface area contributed by atoms with E-state index in [1.54, 1.807) is 0 Å². The number of aromatic amines is 1. The van der Waals surface area contributed by atoms with E-state index in [1.165, 1.54) is 0 Å². The molecule has 0 aliphatic heterocycles. The molecule has 6 nitrogen and oxygen atoms in total. The molecular formula is C28H37N3O3. The Labute approximate surface area is 202 Å². The third kappa shape index (κ3) is 5.95. The molecule has 4 aromatic rings. The molecule has 2 aromatic heterocycles. The Morgan fingerprint density at radius 1 is 1.00 bits per heavy atom. The van der Waals surface area contributed by atoms with Gasteiger partial charge in [-0.2, -0.15) is 0 Å². The zero-order valence-electron chi connectivity index (χ0n) is 19.9. The maximum Gasteiger partial charge on any atom is 0.212 e. The van der Waals surface area contributed by atoms with Crippen LogP contribution in [0.2, 0.25) is 0 Å². The van der Waals surface area contributed by atoms with Gasteiger partial charge in [0.05, 0.1) is 6.04 Å². The Morgan fingerprint density at radius 2 is 1.71 bits per heavy atom. The van der Waals surface area contributed by atoms with Crippen LogP contribution in [-0.4, -0.2) is 29.0 Å². The van der Waals surface area contributed by atoms with Crippen LogP contribution in [-0.2, 0) is 23.0 Å². The molecule has 0 saturated carbocycles. The molecule has 34 heavy (non-hydrogen) atoms. The SMILES string of the molecule is C.CC[C@H](C)CC(c1nc(COOCc2ccccc2)c(-c2c[nH]c3ccccc23)o1)N(C)C. The lowest BCUT2D eigenvalue weighted by molar-refractivity contribution is -0.313. The first-order valence-corrected chi connectivity index (χ1v) is 11.6. The Kier molecular flexibility index (Phi) is 9.05. The van der Waals surface area contributed by atoms with Crippen molar-refractivity contribution >= 4 is 10.9 Å². The summed E-state index contributed by atoms with van der Waals surface area (Å²) in [6.45, 7) is 5.06. The quantitative estimate of drug-likeness (QED) is 0.145. The molecule has 2 atom stereocenters. The number of H-pyrrole nitrogens is 1. The van der Waals surface area contributed by atoms with E-state index >= 15 is 0 Å². The van der Waals surface area contributed by atoms with Crippen LogP contribution in [0, 0.1) is 5.92 Å². The highest BCUT2D eigenvalue weighted by atomic mass is 17.2. The average molecular weight is 464 g/mol. The molecule has 0 aliphatic rings. The molecule has 0 spiro atoms. The summed E-state index contributed by atoms with van der Waals surface area (Å²) in [5.74, 6) is 2.00. The molecule has 0 amide bonds. The van der Waals surface area contributed by atoms with Gasteiger partial charge in [0.25, 0.3) is 0 Å². The summed E-state index contributed by atoms with van der Waals surface area (Å²) in [7, 11) is 4.14. The second-order valence-corrected chi connectivity index (χ2v) is 8.81. The van der Waals surface area contributed by atoms with E-state index < -0.39 is 0 Å². The molecule has 1 unspecified atom stereocenters. The van der Waals surface area contributed by atoms with Gasteiger partial charge < -0.3 is 9.40 Å². The maximum atomic E-state index is 6.44. The van der Waals surface area contributed by atoms with Crippen molar-refractivity contribution in [3.63, 3.8) is 0 Å². The van der Waals surface area contributed by atoms with Gasteiger partial charge >= 0.3 is 0 Å². The third-order valence-electron chi connectivity index (χ3n) is 6.13. The molecule has 182 valence electrons. The van der Waals surface area contributed by atoms with Crippen LogP contribution in [0.1, 0.15) is 57.3 Å². The van der Waals surface area contributed by atoms with Crippen LogP contribution < -0.4 is 0 Å². The van der Waals surface area contributed by atoms with E-state index in [0.29, 0.717) is 18.4 Å². The second-order valence-electron chi connectivity index (χ2n) is 8.81. The largest absolute Gasteiger partial charge is 0.439 e. The van der Waals surface area contributed by atoms with E-state index in [-0.39, 0.29) is 20.1 Å². The smallest absolute Gasteiger partial charge is 0.212 e. The summed E-state index contributed by atoms with van der Waals surface area (Å²) in [5, 5.41) is 1.09. The summed E-state index contributed by atoms with van der Waals surface area (Å²) < 4.78 is 6.44. The average Bonchev–Trinajstić information content (AvgIpc) is 3.44.